The molecule has 0 aliphatic heterocycles. The Morgan fingerprint density at radius 1 is 1.00 bits per heavy atom. The number of para-hydroxylation sites is 1. The number of guanidine groups is 1. The van der Waals surface area contributed by atoms with Crippen molar-refractivity contribution < 1.29 is 14.3 Å². The number of fused-ring (bicyclic) bond motifs is 1. The molecule has 34 heavy (non-hydrogen) atoms. The number of aromatic amines is 1. The van der Waals surface area contributed by atoms with Gasteiger partial charge >= 0.3 is 0 Å². The van der Waals surface area contributed by atoms with E-state index in [0.717, 1.165) is 16.5 Å². The standard InChI is InChI=1S/C26H25ClN4O3/c1-33-21-13-20(14-22(15-21)34-2)30-26(31-25(32)17-7-9-19(27)10-8-17)28-12-11-18-16-29-24-6-4-3-5-23(18)24/h3-10,13-16,29H,11-12H2,1-2H3,(H2,28,30,31,32). The highest BCUT2D eigenvalue weighted by Crippen LogP contribution is 2.26. The molecule has 0 aliphatic rings. The third-order valence-corrected chi connectivity index (χ3v) is 5.53. The number of halogens is 1. The molecule has 4 rings (SSSR count). The van der Waals surface area contributed by atoms with Crippen LogP contribution in [0.4, 0.5) is 5.69 Å². The van der Waals surface area contributed by atoms with Gasteiger partial charge in [-0.25, -0.2) is 0 Å². The van der Waals surface area contributed by atoms with Crippen LogP contribution < -0.4 is 20.1 Å². The molecule has 4 aromatic rings. The van der Waals surface area contributed by atoms with Crippen LogP contribution in [0.3, 0.4) is 0 Å². The summed E-state index contributed by atoms with van der Waals surface area (Å²) < 4.78 is 10.7. The van der Waals surface area contributed by atoms with Gasteiger partial charge in [0.2, 0.25) is 5.96 Å². The average molecular weight is 477 g/mol. The maximum absolute atomic E-state index is 12.8. The number of H-pyrrole nitrogens is 1. The zero-order valence-corrected chi connectivity index (χ0v) is 19.6. The lowest BCUT2D eigenvalue weighted by atomic mass is 10.1. The van der Waals surface area contributed by atoms with Crippen molar-refractivity contribution in [3.8, 4) is 11.5 Å². The predicted octanol–water partition coefficient (Wildman–Crippen LogP) is 5.28. The van der Waals surface area contributed by atoms with Crippen LogP contribution in [0.2, 0.25) is 5.02 Å². The number of aromatic nitrogens is 1. The van der Waals surface area contributed by atoms with Crippen molar-refractivity contribution in [2.45, 2.75) is 6.42 Å². The van der Waals surface area contributed by atoms with E-state index >= 15 is 0 Å². The molecule has 3 N–H and O–H groups in total. The van der Waals surface area contributed by atoms with Crippen molar-refractivity contribution in [1.82, 2.24) is 10.3 Å². The van der Waals surface area contributed by atoms with Gasteiger partial charge in [0.15, 0.2) is 0 Å². The second-order valence-corrected chi connectivity index (χ2v) is 7.96. The van der Waals surface area contributed by atoms with Crippen LogP contribution in [0.1, 0.15) is 15.9 Å². The van der Waals surface area contributed by atoms with Gasteiger partial charge in [-0.05, 0) is 42.3 Å². The summed E-state index contributed by atoms with van der Waals surface area (Å²) in [4.78, 5) is 20.8. The molecular weight excluding hydrogens is 452 g/mol. The van der Waals surface area contributed by atoms with E-state index in [0.29, 0.717) is 46.7 Å². The molecule has 0 aliphatic carbocycles. The lowest BCUT2D eigenvalue weighted by molar-refractivity contribution is 0.0977. The molecule has 0 fully saturated rings. The molecule has 1 heterocycles. The summed E-state index contributed by atoms with van der Waals surface area (Å²) in [5.74, 6) is 1.24. The topological polar surface area (TPSA) is 87.7 Å². The van der Waals surface area contributed by atoms with Gasteiger partial charge in [-0.1, -0.05) is 29.8 Å². The van der Waals surface area contributed by atoms with Gasteiger partial charge in [0.05, 0.1) is 14.2 Å². The first-order valence-corrected chi connectivity index (χ1v) is 11.1. The van der Waals surface area contributed by atoms with Crippen LogP contribution >= 0.6 is 11.6 Å². The summed E-state index contributed by atoms with van der Waals surface area (Å²) in [6.07, 6.45) is 2.69. The number of nitrogens with one attached hydrogen (secondary N) is 3. The molecule has 1 aromatic heterocycles. The van der Waals surface area contributed by atoms with E-state index in [4.69, 9.17) is 21.1 Å². The first-order valence-electron chi connectivity index (χ1n) is 10.7. The largest absolute Gasteiger partial charge is 0.497 e. The lowest BCUT2D eigenvalue weighted by Gasteiger charge is -2.14. The summed E-state index contributed by atoms with van der Waals surface area (Å²) >= 11 is 5.95. The second-order valence-electron chi connectivity index (χ2n) is 7.53. The maximum Gasteiger partial charge on any atom is 0.257 e. The van der Waals surface area contributed by atoms with E-state index in [2.05, 4.69) is 26.7 Å². The Morgan fingerprint density at radius 3 is 2.41 bits per heavy atom. The number of rotatable bonds is 7. The van der Waals surface area contributed by atoms with Gasteiger partial charge in [-0.2, -0.15) is 0 Å². The molecule has 0 radical (unpaired) electrons. The fourth-order valence-electron chi connectivity index (χ4n) is 3.53. The average Bonchev–Trinajstić information content (AvgIpc) is 3.27. The van der Waals surface area contributed by atoms with Crippen molar-refractivity contribution in [2.24, 2.45) is 4.99 Å². The SMILES string of the molecule is COc1cc(NC(=NCCc2c[nH]c3ccccc23)NC(=O)c2ccc(Cl)cc2)cc(OC)c1. The van der Waals surface area contributed by atoms with Gasteiger partial charge in [0.1, 0.15) is 11.5 Å². The van der Waals surface area contributed by atoms with Crippen LogP contribution in [0.15, 0.2) is 77.9 Å². The normalized spacial score (nSPS) is 11.3. The third-order valence-electron chi connectivity index (χ3n) is 5.28. The Kier molecular flexibility index (Phi) is 7.34. The fraction of sp³-hybridized carbons (Fsp3) is 0.154. The number of hydrogen-bond acceptors (Lipinski definition) is 4. The summed E-state index contributed by atoms with van der Waals surface area (Å²) in [5.41, 5.74) is 3.38. The number of nitrogens with zero attached hydrogens (tertiary/aromatic N) is 1. The summed E-state index contributed by atoms with van der Waals surface area (Å²) in [7, 11) is 3.16. The quantitative estimate of drug-likeness (QED) is 0.250. The first-order chi connectivity index (χ1) is 16.6. The number of benzene rings is 3. The third kappa shape index (κ3) is 5.68. The molecule has 1 amide bonds. The van der Waals surface area contributed by atoms with E-state index in [1.807, 2.05) is 24.4 Å². The molecule has 0 unspecified atom stereocenters. The van der Waals surface area contributed by atoms with Gasteiger partial charge in [0, 0.05) is 58.1 Å². The molecule has 0 atom stereocenters. The van der Waals surface area contributed by atoms with Crippen molar-refractivity contribution >= 4 is 40.1 Å². The number of aliphatic imine (C=N–C) groups is 1. The molecule has 3 aromatic carbocycles. The Morgan fingerprint density at radius 2 is 1.71 bits per heavy atom. The summed E-state index contributed by atoms with van der Waals surface area (Å²) in [6.45, 7) is 0.464. The zero-order valence-electron chi connectivity index (χ0n) is 18.9. The monoisotopic (exact) mass is 476 g/mol. The van der Waals surface area contributed by atoms with Crippen molar-refractivity contribution in [2.75, 3.05) is 26.1 Å². The minimum atomic E-state index is -0.301. The number of anilines is 1. The lowest BCUT2D eigenvalue weighted by Crippen LogP contribution is -2.36. The highest BCUT2D eigenvalue weighted by atomic mass is 35.5. The summed E-state index contributed by atoms with van der Waals surface area (Å²) in [6, 6.07) is 20.2. The molecular formula is C26H25ClN4O3. The van der Waals surface area contributed by atoms with Gasteiger partial charge in [0.25, 0.3) is 5.91 Å². The number of carbonyl (C=O) groups is 1. The van der Waals surface area contributed by atoms with Crippen molar-refractivity contribution in [1.29, 1.82) is 0 Å². The predicted molar refractivity (Wildman–Crippen MR) is 136 cm³/mol. The van der Waals surface area contributed by atoms with Gasteiger partial charge in [-0.3, -0.25) is 15.1 Å². The number of amides is 1. The smallest absolute Gasteiger partial charge is 0.257 e. The highest BCUT2D eigenvalue weighted by Gasteiger charge is 2.11. The first kappa shape index (κ1) is 23.2. The Bertz CT molecular complexity index is 1290. The number of methoxy groups -OCH3 is 2. The minimum Gasteiger partial charge on any atom is -0.497 e. The fourth-order valence-corrected chi connectivity index (χ4v) is 3.66. The molecule has 7 nitrogen and oxygen atoms in total. The minimum absolute atomic E-state index is 0.301. The number of hydrogen-bond donors (Lipinski definition) is 3. The van der Waals surface area contributed by atoms with Crippen LogP contribution in [-0.2, 0) is 6.42 Å². The summed E-state index contributed by atoms with van der Waals surface area (Å²) in [5, 5.41) is 7.77. The molecule has 8 heteroatoms. The van der Waals surface area contributed by atoms with E-state index in [9.17, 15) is 4.79 Å². The van der Waals surface area contributed by atoms with E-state index < -0.39 is 0 Å². The van der Waals surface area contributed by atoms with Crippen LogP contribution in [-0.4, -0.2) is 37.6 Å². The Hall–Kier alpha value is -3.97. The van der Waals surface area contributed by atoms with Crippen LogP contribution in [0.5, 0.6) is 11.5 Å². The number of carbonyl (C=O) groups excluding carboxylic acids is 1. The Labute approximate surface area is 202 Å². The van der Waals surface area contributed by atoms with E-state index in [1.165, 1.54) is 0 Å². The molecule has 0 saturated carbocycles. The van der Waals surface area contributed by atoms with Crippen LogP contribution in [0.25, 0.3) is 10.9 Å². The maximum atomic E-state index is 12.8. The van der Waals surface area contributed by atoms with Gasteiger partial charge in [-0.15, -0.1) is 0 Å². The van der Waals surface area contributed by atoms with Crippen molar-refractivity contribution in [3.63, 3.8) is 0 Å². The van der Waals surface area contributed by atoms with E-state index in [-0.39, 0.29) is 5.91 Å². The highest BCUT2D eigenvalue weighted by molar-refractivity contribution is 6.30. The molecule has 174 valence electrons. The molecule has 0 saturated heterocycles. The van der Waals surface area contributed by atoms with E-state index in [1.54, 1.807) is 56.7 Å². The zero-order chi connectivity index (χ0) is 23.9. The second kappa shape index (κ2) is 10.8. The van der Waals surface area contributed by atoms with Crippen molar-refractivity contribution in [3.05, 3.63) is 89.1 Å². The number of ether oxygens (including phenoxy) is 2. The van der Waals surface area contributed by atoms with Crippen LogP contribution in [0, 0.1) is 0 Å². The Balaban J connectivity index is 1.56. The van der Waals surface area contributed by atoms with Gasteiger partial charge < -0.3 is 19.8 Å². The molecule has 0 spiro atoms. The molecule has 0 bridgehead atoms.